The highest BCUT2D eigenvalue weighted by Gasteiger charge is 2.20. The van der Waals surface area contributed by atoms with Gasteiger partial charge in [-0.1, -0.05) is 0 Å². The molecule has 142 valence electrons. The molecule has 0 unspecified atom stereocenters. The highest BCUT2D eigenvalue weighted by molar-refractivity contribution is 6.06. The van der Waals surface area contributed by atoms with Crippen molar-refractivity contribution < 1.29 is 23.8 Å². The summed E-state index contributed by atoms with van der Waals surface area (Å²) in [5.74, 6) is 0.755. The van der Waals surface area contributed by atoms with Gasteiger partial charge >= 0.3 is 0 Å². The standard InChI is InChI=1S/C20H22N2O5/c1-25-16-6-3-14(4-7-16)19(23)21-17-13-15(5-8-18(17)26-2)20(24)22-9-11-27-12-10-22/h3-8,13H,9-12H2,1-2H3,(H,21,23). The van der Waals surface area contributed by atoms with Crippen molar-refractivity contribution in [3.8, 4) is 11.5 Å². The summed E-state index contributed by atoms with van der Waals surface area (Å²) in [5.41, 5.74) is 1.41. The van der Waals surface area contributed by atoms with E-state index in [0.717, 1.165) is 0 Å². The van der Waals surface area contributed by atoms with Crippen LogP contribution in [0.3, 0.4) is 0 Å². The molecule has 3 rings (SSSR count). The van der Waals surface area contributed by atoms with E-state index in [-0.39, 0.29) is 11.8 Å². The Morgan fingerprint density at radius 2 is 1.63 bits per heavy atom. The van der Waals surface area contributed by atoms with Crippen LogP contribution in [0.4, 0.5) is 5.69 Å². The highest BCUT2D eigenvalue weighted by Crippen LogP contribution is 2.27. The predicted octanol–water partition coefficient (Wildman–Crippen LogP) is 2.43. The van der Waals surface area contributed by atoms with Gasteiger partial charge in [-0.05, 0) is 42.5 Å². The molecule has 1 aliphatic rings. The van der Waals surface area contributed by atoms with Crippen LogP contribution in [0.5, 0.6) is 11.5 Å². The lowest BCUT2D eigenvalue weighted by molar-refractivity contribution is 0.0303. The second kappa shape index (κ2) is 8.55. The Labute approximate surface area is 157 Å². The van der Waals surface area contributed by atoms with Crippen molar-refractivity contribution in [1.29, 1.82) is 0 Å². The summed E-state index contributed by atoms with van der Waals surface area (Å²) >= 11 is 0. The lowest BCUT2D eigenvalue weighted by atomic mass is 10.1. The molecule has 0 radical (unpaired) electrons. The molecule has 1 N–H and O–H groups in total. The van der Waals surface area contributed by atoms with Crippen LogP contribution < -0.4 is 14.8 Å². The van der Waals surface area contributed by atoms with Gasteiger partial charge in [-0.15, -0.1) is 0 Å². The largest absolute Gasteiger partial charge is 0.497 e. The van der Waals surface area contributed by atoms with Gasteiger partial charge in [0.1, 0.15) is 11.5 Å². The second-order valence-corrected chi connectivity index (χ2v) is 6.00. The Hall–Kier alpha value is -3.06. The third-order valence-corrected chi connectivity index (χ3v) is 4.35. The average molecular weight is 370 g/mol. The lowest BCUT2D eigenvalue weighted by Gasteiger charge is -2.27. The minimum Gasteiger partial charge on any atom is -0.497 e. The quantitative estimate of drug-likeness (QED) is 0.875. The SMILES string of the molecule is COc1ccc(C(=O)Nc2cc(C(=O)N3CCOCC3)ccc2OC)cc1. The van der Waals surface area contributed by atoms with Crippen molar-refractivity contribution in [2.45, 2.75) is 0 Å². The lowest BCUT2D eigenvalue weighted by Crippen LogP contribution is -2.40. The molecule has 2 aromatic rings. The summed E-state index contributed by atoms with van der Waals surface area (Å²) in [5, 5.41) is 2.81. The van der Waals surface area contributed by atoms with Crippen molar-refractivity contribution in [1.82, 2.24) is 4.90 Å². The number of methoxy groups -OCH3 is 2. The van der Waals surface area contributed by atoms with Gasteiger partial charge in [-0.25, -0.2) is 0 Å². The number of nitrogens with one attached hydrogen (secondary N) is 1. The number of morpholine rings is 1. The van der Waals surface area contributed by atoms with Crippen molar-refractivity contribution in [2.24, 2.45) is 0 Å². The third kappa shape index (κ3) is 4.38. The zero-order valence-electron chi connectivity index (χ0n) is 15.4. The minimum absolute atomic E-state index is 0.0964. The van der Waals surface area contributed by atoms with Crippen LogP contribution in [0.2, 0.25) is 0 Å². The molecule has 7 heteroatoms. The van der Waals surface area contributed by atoms with E-state index in [9.17, 15) is 9.59 Å². The number of anilines is 1. The number of carbonyl (C=O) groups is 2. The molecule has 27 heavy (non-hydrogen) atoms. The van der Waals surface area contributed by atoms with Gasteiger partial charge in [0.2, 0.25) is 0 Å². The second-order valence-electron chi connectivity index (χ2n) is 6.00. The molecule has 2 aromatic carbocycles. The zero-order valence-corrected chi connectivity index (χ0v) is 15.4. The maximum Gasteiger partial charge on any atom is 0.255 e. The third-order valence-electron chi connectivity index (χ3n) is 4.35. The topological polar surface area (TPSA) is 77.1 Å². The zero-order chi connectivity index (χ0) is 19.2. The van der Waals surface area contributed by atoms with Gasteiger partial charge in [0, 0.05) is 24.2 Å². The molecule has 0 aliphatic carbocycles. The Balaban J connectivity index is 1.80. The molecule has 1 heterocycles. The number of benzene rings is 2. The maximum atomic E-state index is 12.7. The van der Waals surface area contributed by atoms with Crippen molar-refractivity contribution in [3.63, 3.8) is 0 Å². The van der Waals surface area contributed by atoms with E-state index in [2.05, 4.69) is 5.32 Å². The van der Waals surface area contributed by atoms with Crippen LogP contribution in [0, 0.1) is 0 Å². The maximum absolute atomic E-state index is 12.7. The summed E-state index contributed by atoms with van der Waals surface area (Å²) in [6.45, 7) is 2.17. The average Bonchev–Trinajstić information content (AvgIpc) is 2.73. The normalized spacial score (nSPS) is 13.8. The number of hydrogen-bond acceptors (Lipinski definition) is 5. The number of hydrogen-bond donors (Lipinski definition) is 1. The summed E-state index contributed by atoms with van der Waals surface area (Å²) in [4.78, 5) is 27.0. The van der Waals surface area contributed by atoms with E-state index in [1.807, 2.05) is 0 Å². The number of carbonyl (C=O) groups excluding carboxylic acids is 2. The van der Waals surface area contributed by atoms with Gasteiger partial charge in [0.25, 0.3) is 11.8 Å². The van der Waals surface area contributed by atoms with Crippen LogP contribution in [0.25, 0.3) is 0 Å². The number of ether oxygens (including phenoxy) is 3. The summed E-state index contributed by atoms with van der Waals surface area (Å²) in [7, 11) is 3.08. The summed E-state index contributed by atoms with van der Waals surface area (Å²) in [6, 6.07) is 11.8. The highest BCUT2D eigenvalue weighted by atomic mass is 16.5. The Morgan fingerprint density at radius 1 is 0.963 bits per heavy atom. The monoisotopic (exact) mass is 370 g/mol. The molecule has 2 amide bonds. The molecule has 1 fully saturated rings. The van der Waals surface area contributed by atoms with E-state index in [1.165, 1.54) is 7.11 Å². The first-order valence-corrected chi connectivity index (χ1v) is 8.63. The van der Waals surface area contributed by atoms with Gasteiger partial charge in [-0.3, -0.25) is 9.59 Å². The first-order valence-electron chi connectivity index (χ1n) is 8.63. The summed E-state index contributed by atoms with van der Waals surface area (Å²) in [6.07, 6.45) is 0. The molecule has 0 saturated carbocycles. The minimum atomic E-state index is -0.299. The van der Waals surface area contributed by atoms with Crippen LogP contribution in [0.1, 0.15) is 20.7 Å². The Morgan fingerprint density at radius 3 is 2.26 bits per heavy atom. The smallest absolute Gasteiger partial charge is 0.255 e. The van der Waals surface area contributed by atoms with E-state index in [4.69, 9.17) is 14.2 Å². The number of amides is 2. The van der Waals surface area contributed by atoms with Gasteiger partial charge < -0.3 is 24.4 Å². The fourth-order valence-electron chi connectivity index (χ4n) is 2.82. The van der Waals surface area contributed by atoms with Gasteiger partial charge in [0.15, 0.2) is 0 Å². The van der Waals surface area contributed by atoms with E-state index < -0.39 is 0 Å². The Kier molecular flexibility index (Phi) is 5.93. The Bertz CT molecular complexity index is 814. The first-order chi connectivity index (χ1) is 13.1. The first kappa shape index (κ1) is 18.7. The van der Waals surface area contributed by atoms with E-state index >= 15 is 0 Å². The van der Waals surface area contributed by atoms with E-state index in [1.54, 1.807) is 54.5 Å². The molecule has 0 atom stereocenters. The molecule has 0 aromatic heterocycles. The fraction of sp³-hybridized carbons (Fsp3) is 0.300. The van der Waals surface area contributed by atoms with Crippen LogP contribution in [-0.2, 0) is 4.74 Å². The molecule has 0 bridgehead atoms. The van der Waals surface area contributed by atoms with E-state index in [0.29, 0.717) is 54.6 Å². The molecule has 7 nitrogen and oxygen atoms in total. The molecule has 1 aliphatic heterocycles. The number of nitrogens with zero attached hydrogens (tertiary/aromatic N) is 1. The predicted molar refractivity (Wildman–Crippen MR) is 101 cm³/mol. The van der Waals surface area contributed by atoms with Gasteiger partial charge in [-0.2, -0.15) is 0 Å². The molecule has 1 saturated heterocycles. The van der Waals surface area contributed by atoms with Crippen LogP contribution >= 0.6 is 0 Å². The van der Waals surface area contributed by atoms with Crippen molar-refractivity contribution in [3.05, 3.63) is 53.6 Å². The van der Waals surface area contributed by atoms with Crippen molar-refractivity contribution in [2.75, 3.05) is 45.8 Å². The fourth-order valence-corrected chi connectivity index (χ4v) is 2.82. The molecular formula is C20H22N2O5. The van der Waals surface area contributed by atoms with Crippen molar-refractivity contribution >= 4 is 17.5 Å². The van der Waals surface area contributed by atoms with Gasteiger partial charge in [0.05, 0.1) is 33.1 Å². The molecular weight excluding hydrogens is 348 g/mol. The van der Waals surface area contributed by atoms with Crippen LogP contribution in [0.15, 0.2) is 42.5 Å². The molecule has 0 spiro atoms. The van der Waals surface area contributed by atoms with Crippen LogP contribution in [-0.4, -0.2) is 57.2 Å². The summed E-state index contributed by atoms with van der Waals surface area (Å²) < 4.78 is 15.7. The number of rotatable bonds is 5.